The summed E-state index contributed by atoms with van der Waals surface area (Å²) in [5.74, 6) is 0.891. The second kappa shape index (κ2) is 7.87. The van der Waals surface area contributed by atoms with Crippen molar-refractivity contribution in [1.82, 2.24) is 5.32 Å². The molecule has 1 aromatic carbocycles. The molecule has 0 saturated carbocycles. The van der Waals surface area contributed by atoms with E-state index in [4.69, 9.17) is 14.3 Å². The Hall–Kier alpha value is -2.08. The minimum atomic E-state index is -0.426. The molecule has 3 rings (SSSR count). The van der Waals surface area contributed by atoms with Crippen LogP contribution in [0, 0.1) is 5.41 Å². The summed E-state index contributed by atoms with van der Waals surface area (Å²) in [6.07, 6.45) is 2.69. The number of para-hydroxylation sites is 1. The van der Waals surface area contributed by atoms with Crippen LogP contribution in [0.5, 0.6) is 5.75 Å². The Balaban J connectivity index is 1.70. The summed E-state index contributed by atoms with van der Waals surface area (Å²) in [4.78, 5) is 18.4. The van der Waals surface area contributed by atoms with Gasteiger partial charge in [-0.2, -0.15) is 0 Å². The van der Waals surface area contributed by atoms with Crippen LogP contribution < -0.4 is 10.1 Å². The van der Waals surface area contributed by atoms with Gasteiger partial charge in [0.2, 0.25) is 5.91 Å². The Morgan fingerprint density at radius 1 is 1.36 bits per heavy atom. The van der Waals surface area contributed by atoms with Crippen molar-refractivity contribution in [3.63, 3.8) is 0 Å². The fourth-order valence-corrected chi connectivity index (χ4v) is 3.65. The van der Waals surface area contributed by atoms with E-state index in [9.17, 15) is 4.79 Å². The van der Waals surface area contributed by atoms with Crippen molar-refractivity contribution in [3.8, 4) is 5.75 Å². The molecule has 136 valence electrons. The Labute approximate surface area is 148 Å². The molecule has 0 radical (unpaired) electrons. The number of methoxy groups -OCH3 is 1. The predicted molar refractivity (Wildman–Crippen MR) is 94.8 cm³/mol. The van der Waals surface area contributed by atoms with Crippen LogP contribution in [0.2, 0.25) is 0 Å². The summed E-state index contributed by atoms with van der Waals surface area (Å²) in [7, 11) is 1.65. The molecular formula is C19H26N2O4. The third-order valence-electron chi connectivity index (χ3n) is 5.04. The van der Waals surface area contributed by atoms with Crippen LogP contribution in [0.25, 0.3) is 0 Å². The molecule has 0 spiro atoms. The highest BCUT2D eigenvalue weighted by Gasteiger charge is 2.43. The van der Waals surface area contributed by atoms with Crippen molar-refractivity contribution in [3.05, 3.63) is 29.8 Å². The van der Waals surface area contributed by atoms with E-state index < -0.39 is 5.41 Å². The van der Waals surface area contributed by atoms with Crippen LogP contribution >= 0.6 is 0 Å². The first-order valence-electron chi connectivity index (χ1n) is 8.90. The van der Waals surface area contributed by atoms with E-state index >= 15 is 0 Å². The van der Waals surface area contributed by atoms with E-state index in [1.165, 1.54) is 0 Å². The Kier molecular flexibility index (Phi) is 5.58. The van der Waals surface area contributed by atoms with Gasteiger partial charge >= 0.3 is 0 Å². The number of benzene rings is 1. The molecular weight excluding hydrogens is 320 g/mol. The van der Waals surface area contributed by atoms with Crippen molar-refractivity contribution in [2.75, 3.05) is 26.9 Å². The van der Waals surface area contributed by atoms with Gasteiger partial charge in [0, 0.05) is 38.2 Å². The molecule has 1 fully saturated rings. The van der Waals surface area contributed by atoms with Gasteiger partial charge in [-0.05, 0) is 31.9 Å². The molecule has 2 aliphatic heterocycles. The third-order valence-corrected chi connectivity index (χ3v) is 5.04. The quantitative estimate of drug-likeness (QED) is 0.859. The topological polar surface area (TPSA) is 69.2 Å². The van der Waals surface area contributed by atoms with E-state index in [0.717, 1.165) is 29.9 Å². The van der Waals surface area contributed by atoms with Crippen LogP contribution in [0.15, 0.2) is 29.4 Å². The molecule has 1 unspecified atom stereocenters. The molecule has 1 amide bonds. The molecule has 1 saturated heterocycles. The van der Waals surface area contributed by atoms with Gasteiger partial charge in [-0.15, -0.1) is 0 Å². The number of hydrogen-bond donors (Lipinski definition) is 1. The summed E-state index contributed by atoms with van der Waals surface area (Å²) in [5.41, 5.74) is 1.40. The number of rotatable bonds is 6. The average molecular weight is 346 g/mol. The lowest BCUT2D eigenvalue weighted by atomic mass is 9.74. The largest absolute Gasteiger partial charge is 0.496 e. The summed E-state index contributed by atoms with van der Waals surface area (Å²) in [6.45, 7) is 3.81. The molecule has 0 aliphatic carbocycles. The SMILES string of the molecule is CCNC(=O)C1(CC2CC(c3ccccc3OC)=NO2)CCOCC1. The van der Waals surface area contributed by atoms with Gasteiger partial charge in [0.1, 0.15) is 11.9 Å². The number of nitrogens with one attached hydrogen (secondary N) is 1. The number of nitrogens with zero attached hydrogens (tertiary/aromatic N) is 1. The van der Waals surface area contributed by atoms with Crippen LogP contribution in [-0.4, -0.2) is 44.6 Å². The van der Waals surface area contributed by atoms with Gasteiger partial charge < -0.3 is 19.6 Å². The van der Waals surface area contributed by atoms with Crippen molar-refractivity contribution in [2.45, 2.75) is 38.7 Å². The molecule has 2 heterocycles. The number of carbonyl (C=O) groups is 1. The van der Waals surface area contributed by atoms with Crippen LogP contribution in [0.4, 0.5) is 0 Å². The lowest BCUT2D eigenvalue weighted by Crippen LogP contribution is -2.46. The maximum Gasteiger partial charge on any atom is 0.226 e. The number of oxime groups is 1. The first kappa shape index (κ1) is 17.7. The predicted octanol–water partition coefficient (Wildman–Crippen LogP) is 2.51. The Morgan fingerprint density at radius 2 is 2.12 bits per heavy atom. The molecule has 2 aliphatic rings. The molecule has 6 nitrogen and oxygen atoms in total. The minimum absolute atomic E-state index is 0.0966. The van der Waals surface area contributed by atoms with Crippen LogP contribution in [-0.2, 0) is 14.4 Å². The van der Waals surface area contributed by atoms with Crippen molar-refractivity contribution in [2.24, 2.45) is 10.6 Å². The van der Waals surface area contributed by atoms with E-state index in [-0.39, 0.29) is 12.0 Å². The number of amides is 1. The summed E-state index contributed by atoms with van der Waals surface area (Å²) < 4.78 is 10.9. The number of ether oxygens (including phenoxy) is 2. The van der Waals surface area contributed by atoms with Crippen molar-refractivity contribution >= 4 is 11.6 Å². The second-order valence-electron chi connectivity index (χ2n) is 6.63. The summed E-state index contributed by atoms with van der Waals surface area (Å²) in [6, 6.07) is 7.79. The molecule has 6 heteroatoms. The standard InChI is InChI=1S/C19H26N2O4/c1-3-20-18(22)19(8-10-24-11-9-19)13-14-12-16(21-25-14)15-6-4-5-7-17(15)23-2/h4-7,14H,3,8-13H2,1-2H3,(H,20,22). The van der Waals surface area contributed by atoms with Crippen molar-refractivity contribution in [1.29, 1.82) is 0 Å². The van der Waals surface area contributed by atoms with Gasteiger partial charge in [-0.25, -0.2) is 0 Å². The lowest BCUT2D eigenvalue weighted by Gasteiger charge is -2.36. The van der Waals surface area contributed by atoms with E-state index in [1.807, 2.05) is 31.2 Å². The fraction of sp³-hybridized carbons (Fsp3) is 0.579. The van der Waals surface area contributed by atoms with Crippen LogP contribution in [0.1, 0.15) is 38.2 Å². The Morgan fingerprint density at radius 3 is 2.84 bits per heavy atom. The highest BCUT2D eigenvalue weighted by Crippen LogP contribution is 2.39. The second-order valence-corrected chi connectivity index (χ2v) is 6.63. The number of hydrogen-bond acceptors (Lipinski definition) is 5. The lowest BCUT2D eigenvalue weighted by molar-refractivity contribution is -0.140. The van der Waals surface area contributed by atoms with E-state index in [1.54, 1.807) is 7.11 Å². The molecule has 25 heavy (non-hydrogen) atoms. The van der Waals surface area contributed by atoms with E-state index in [0.29, 0.717) is 32.6 Å². The highest BCUT2D eigenvalue weighted by molar-refractivity contribution is 6.03. The first-order valence-corrected chi connectivity index (χ1v) is 8.90. The first-order chi connectivity index (χ1) is 12.2. The molecule has 0 bridgehead atoms. The van der Waals surface area contributed by atoms with Crippen LogP contribution in [0.3, 0.4) is 0 Å². The fourth-order valence-electron chi connectivity index (χ4n) is 3.65. The summed E-state index contributed by atoms with van der Waals surface area (Å²) in [5, 5.41) is 7.26. The van der Waals surface area contributed by atoms with Gasteiger partial charge in [-0.1, -0.05) is 17.3 Å². The maximum absolute atomic E-state index is 12.7. The van der Waals surface area contributed by atoms with Gasteiger partial charge in [0.05, 0.1) is 18.2 Å². The zero-order valence-electron chi connectivity index (χ0n) is 14.9. The van der Waals surface area contributed by atoms with Gasteiger partial charge in [0.25, 0.3) is 0 Å². The smallest absolute Gasteiger partial charge is 0.226 e. The van der Waals surface area contributed by atoms with E-state index in [2.05, 4.69) is 10.5 Å². The Bertz CT molecular complexity index is 638. The monoisotopic (exact) mass is 346 g/mol. The molecule has 1 N–H and O–H groups in total. The van der Waals surface area contributed by atoms with Gasteiger partial charge in [-0.3, -0.25) is 4.79 Å². The normalized spacial score (nSPS) is 22.0. The highest BCUT2D eigenvalue weighted by atomic mass is 16.6. The molecule has 1 atom stereocenters. The number of carbonyl (C=O) groups excluding carboxylic acids is 1. The maximum atomic E-state index is 12.7. The van der Waals surface area contributed by atoms with Gasteiger partial charge in [0.15, 0.2) is 0 Å². The third kappa shape index (κ3) is 3.79. The zero-order valence-corrected chi connectivity index (χ0v) is 14.9. The van der Waals surface area contributed by atoms with Crippen molar-refractivity contribution < 1.29 is 19.1 Å². The summed E-state index contributed by atoms with van der Waals surface area (Å²) >= 11 is 0. The minimum Gasteiger partial charge on any atom is -0.496 e. The molecule has 0 aromatic heterocycles. The molecule has 1 aromatic rings. The zero-order chi connectivity index (χ0) is 17.7. The average Bonchev–Trinajstić information content (AvgIpc) is 3.10.